The third-order valence-corrected chi connectivity index (χ3v) is 1.60. The predicted octanol–water partition coefficient (Wildman–Crippen LogP) is -0.858. The van der Waals surface area contributed by atoms with Gasteiger partial charge in [-0.3, -0.25) is 9.59 Å². The molecule has 0 aliphatic heterocycles. The molecule has 2 N–H and O–H groups in total. The summed E-state index contributed by atoms with van der Waals surface area (Å²) >= 11 is 0. The molecule has 82 valence electrons. The summed E-state index contributed by atoms with van der Waals surface area (Å²) in [4.78, 5) is 32.1. The molecule has 0 aromatic carbocycles. The van der Waals surface area contributed by atoms with Crippen LogP contribution in [0.3, 0.4) is 0 Å². The molecule has 0 bridgehead atoms. The van der Waals surface area contributed by atoms with E-state index >= 15 is 0 Å². The molecule has 0 saturated heterocycles. The smallest absolute Gasteiger partial charge is 0.326 e. The van der Waals surface area contributed by atoms with Gasteiger partial charge in [-0.2, -0.15) is 0 Å². The number of nitrogens with one attached hydrogen (secondary N) is 1. The summed E-state index contributed by atoms with van der Waals surface area (Å²) in [6.07, 6.45) is 4.60. The summed E-state index contributed by atoms with van der Waals surface area (Å²) in [7, 11) is 1.19. The Morgan fingerprint density at radius 1 is 1.53 bits per heavy atom. The van der Waals surface area contributed by atoms with Crippen LogP contribution in [0.5, 0.6) is 0 Å². The van der Waals surface area contributed by atoms with Crippen LogP contribution in [-0.2, 0) is 19.1 Å². The van der Waals surface area contributed by atoms with E-state index in [1.54, 1.807) is 5.92 Å². The van der Waals surface area contributed by atoms with Gasteiger partial charge in [-0.05, 0) is 12.3 Å². The number of hydrogen-bond donors (Lipinski definition) is 2. The Labute approximate surface area is 86.6 Å². The van der Waals surface area contributed by atoms with Gasteiger partial charge in [0, 0.05) is 6.42 Å². The number of amides is 1. The molecule has 0 fully saturated rings. The molecule has 0 radical (unpaired) electrons. The van der Waals surface area contributed by atoms with Gasteiger partial charge in [0.2, 0.25) is 0 Å². The van der Waals surface area contributed by atoms with Gasteiger partial charge in [0.1, 0.15) is 6.04 Å². The number of carbonyl (C=O) groups excluding carboxylic acids is 2. The van der Waals surface area contributed by atoms with Crippen LogP contribution in [0.4, 0.5) is 0 Å². The van der Waals surface area contributed by atoms with Crippen molar-refractivity contribution in [3.8, 4) is 12.3 Å². The zero-order valence-corrected chi connectivity index (χ0v) is 8.15. The number of aliphatic carboxylic acids is 1. The van der Waals surface area contributed by atoms with Crippen molar-refractivity contribution in [2.75, 3.05) is 7.11 Å². The van der Waals surface area contributed by atoms with Gasteiger partial charge in [0.25, 0.3) is 5.91 Å². The molecule has 0 aliphatic rings. The lowest BCUT2D eigenvalue weighted by Crippen LogP contribution is -2.40. The third kappa shape index (κ3) is 5.31. The molecule has 1 atom stereocenters. The Balaban J connectivity index is 4.18. The number of hydrogen-bond acceptors (Lipinski definition) is 4. The maximum Gasteiger partial charge on any atom is 0.326 e. The minimum atomic E-state index is -1.25. The number of carboxylic acids is 1. The maximum absolute atomic E-state index is 10.7. The van der Waals surface area contributed by atoms with Gasteiger partial charge in [-0.1, -0.05) is 0 Å². The highest BCUT2D eigenvalue weighted by Gasteiger charge is 2.20. The van der Waals surface area contributed by atoms with E-state index in [1.807, 2.05) is 0 Å². The summed E-state index contributed by atoms with van der Waals surface area (Å²) < 4.78 is 4.33. The molecule has 0 heterocycles. The normalized spacial score (nSPS) is 10.9. The van der Waals surface area contributed by atoms with E-state index in [2.05, 4.69) is 10.1 Å². The van der Waals surface area contributed by atoms with E-state index in [9.17, 15) is 14.4 Å². The molecule has 1 amide bonds. The van der Waals surface area contributed by atoms with Crippen LogP contribution < -0.4 is 5.32 Å². The lowest BCUT2D eigenvalue weighted by atomic mass is 10.1. The van der Waals surface area contributed by atoms with Crippen LogP contribution in [0.25, 0.3) is 0 Å². The number of ether oxygens (including phenoxy) is 1. The van der Waals surface area contributed by atoms with Crippen molar-refractivity contribution in [1.29, 1.82) is 0 Å². The highest BCUT2D eigenvalue weighted by molar-refractivity contribution is 5.95. The molecule has 6 nitrogen and oxygen atoms in total. The number of rotatable bonds is 5. The molecule has 0 aromatic rings. The van der Waals surface area contributed by atoms with E-state index < -0.39 is 23.9 Å². The first-order valence-corrected chi connectivity index (χ1v) is 4.08. The number of esters is 1. The fourth-order valence-electron chi connectivity index (χ4n) is 0.822. The summed E-state index contributed by atoms with van der Waals surface area (Å²) in [6, 6.07) is -1.17. The van der Waals surface area contributed by atoms with Crippen LogP contribution in [0.1, 0.15) is 12.8 Å². The second-order valence-corrected chi connectivity index (χ2v) is 2.62. The molecule has 0 saturated carbocycles. The maximum atomic E-state index is 10.7. The van der Waals surface area contributed by atoms with Crippen molar-refractivity contribution in [3.63, 3.8) is 0 Å². The molecule has 0 spiro atoms. The largest absolute Gasteiger partial charge is 0.480 e. The summed E-state index contributed by atoms with van der Waals surface area (Å²) in [6.45, 7) is 0. The van der Waals surface area contributed by atoms with Gasteiger partial charge < -0.3 is 15.2 Å². The van der Waals surface area contributed by atoms with Crippen molar-refractivity contribution in [1.82, 2.24) is 5.32 Å². The van der Waals surface area contributed by atoms with Gasteiger partial charge in [0.15, 0.2) is 0 Å². The Bertz CT molecular complexity index is 304. The lowest BCUT2D eigenvalue weighted by molar-refractivity contribution is -0.143. The van der Waals surface area contributed by atoms with E-state index in [0.29, 0.717) is 0 Å². The first kappa shape index (κ1) is 13.0. The highest BCUT2D eigenvalue weighted by Crippen LogP contribution is 1.99. The number of carboxylic acid groups (broad SMARTS) is 1. The molecular formula is C9H11NO5. The SMILES string of the molecule is C#CC(=O)N[C@@H](CCC(=O)OC)C(=O)O. The molecular weight excluding hydrogens is 202 g/mol. The topological polar surface area (TPSA) is 92.7 Å². The second-order valence-electron chi connectivity index (χ2n) is 2.62. The van der Waals surface area contributed by atoms with E-state index in [1.165, 1.54) is 7.11 Å². The van der Waals surface area contributed by atoms with Gasteiger partial charge in [-0.15, -0.1) is 6.42 Å². The molecule has 15 heavy (non-hydrogen) atoms. The van der Waals surface area contributed by atoms with Crippen LogP contribution in [0.15, 0.2) is 0 Å². The second kappa shape index (κ2) is 6.43. The Morgan fingerprint density at radius 3 is 2.53 bits per heavy atom. The van der Waals surface area contributed by atoms with Crippen LogP contribution in [-0.4, -0.2) is 36.1 Å². The first-order chi connectivity index (χ1) is 7.01. The minimum absolute atomic E-state index is 0.0601. The molecule has 0 unspecified atom stereocenters. The fraction of sp³-hybridized carbons (Fsp3) is 0.444. The van der Waals surface area contributed by atoms with Crippen molar-refractivity contribution in [2.24, 2.45) is 0 Å². The quantitative estimate of drug-likeness (QED) is 0.458. The van der Waals surface area contributed by atoms with Crippen LogP contribution in [0, 0.1) is 12.3 Å². The average molecular weight is 213 g/mol. The summed E-state index contributed by atoms with van der Waals surface area (Å²) in [5, 5.41) is 10.7. The summed E-state index contributed by atoms with van der Waals surface area (Å²) in [5.74, 6) is -0.897. The fourth-order valence-corrected chi connectivity index (χ4v) is 0.822. The van der Waals surface area contributed by atoms with Crippen molar-refractivity contribution in [2.45, 2.75) is 18.9 Å². The standard InChI is InChI=1S/C9H11NO5/c1-3-7(11)10-6(9(13)14)4-5-8(12)15-2/h1,6H,4-5H2,2H3,(H,10,11)(H,13,14)/t6-/m0/s1. The lowest BCUT2D eigenvalue weighted by Gasteiger charge is -2.11. The molecule has 0 aromatic heterocycles. The van der Waals surface area contributed by atoms with E-state index in [-0.39, 0.29) is 12.8 Å². The summed E-state index contributed by atoms with van der Waals surface area (Å²) in [5.41, 5.74) is 0. The van der Waals surface area contributed by atoms with Crippen LogP contribution >= 0.6 is 0 Å². The number of carbonyl (C=O) groups is 3. The van der Waals surface area contributed by atoms with Gasteiger partial charge >= 0.3 is 11.9 Å². The van der Waals surface area contributed by atoms with Crippen LogP contribution in [0.2, 0.25) is 0 Å². The van der Waals surface area contributed by atoms with E-state index in [0.717, 1.165) is 0 Å². The van der Waals surface area contributed by atoms with Crippen molar-refractivity contribution < 1.29 is 24.2 Å². The van der Waals surface area contributed by atoms with E-state index in [4.69, 9.17) is 11.5 Å². The zero-order chi connectivity index (χ0) is 11.8. The molecule has 6 heteroatoms. The monoisotopic (exact) mass is 213 g/mol. The molecule has 0 aliphatic carbocycles. The Kier molecular flexibility index (Phi) is 5.56. The first-order valence-electron chi connectivity index (χ1n) is 4.08. The number of terminal acetylenes is 1. The Morgan fingerprint density at radius 2 is 2.13 bits per heavy atom. The molecule has 0 rings (SSSR count). The predicted molar refractivity (Wildman–Crippen MR) is 49.6 cm³/mol. The minimum Gasteiger partial charge on any atom is -0.480 e. The van der Waals surface area contributed by atoms with Crippen molar-refractivity contribution >= 4 is 17.8 Å². The van der Waals surface area contributed by atoms with Gasteiger partial charge in [0.05, 0.1) is 7.11 Å². The highest BCUT2D eigenvalue weighted by atomic mass is 16.5. The van der Waals surface area contributed by atoms with Gasteiger partial charge in [-0.25, -0.2) is 4.79 Å². The zero-order valence-electron chi connectivity index (χ0n) is 8.15. The number of methoxy groups -OCH3 is 1. The van der Waals surface area contributed by atoms with Crippen molar-refractivity contribution in [3.05, 3.63) is 0 Å². The third-order valence-electron chi connectivity index (χ3n) is 1.60. The Hall–Kier alpha value is -2.03. The average Bonchev–Trinajstić information content (AvgIpc) is 2.22.